The fraction of sp³-hybridized carbons (Fsp3) is 0.643. The molecule has 20 heavy (non-hydrogen) atoms. The van der Waals surface area contributed by atoms with Crippen molar-refractivity contribution in [1.29, 1.82) is 0 Å². The summed E-state index contributed by atoms with van der Waals surface area (Å²) in [5, 5.41) is 8.31. The maximum Gasteiger partial charge on any atom is 0.239 e. The van der Waals surface area contributed by atoms with Crippen LogP contribution in [0.5, 0.6) is 0 Å². The zero-order valence-electron chi connectivity index (χ0n) is 12.3. The Balaban J connectivity index is 1.90. The summed E-state index contributed by atoms with van der Waals surface area (Å²) in [6, 6.07) is 4.09. The number of amides is 1. The lowest BCUT2D eigenvalue weighted by atomic mass is 10.1. The van der Waals surface area contributed by atoms with Gasteiger partial charge >= 0.3 is 0 Å². The molecule has 3 atom stereocenters. The van der Waals surface area contributed by atoms with Gasteiger partial charge in [0.05, 0.1) is 18.8 Å². The number of morpholine rings is 1. The van der Waals surface area contributed by atoms with Gasteiger partial charge in [-0.2, -0.15) is 0 Å². The minimum Gasteiger partial charge on any atom is -0.375 e. The third kappa shape index (κ3) is 3.79. The summed E-state index contributed by atoms with van der Waals surface area (Å²) >= 11 is 1.71. The molecule has 1 fully saturated rings. The summed E-state index contributed by atoms with van der Waals surface area (Å²) < 4.78 is 5.51. The summed E-state index contributed by atoms with van der Waals surface area (Å²) in [6.07, 6.45) is -0.0803. The van der Waals surface area contributed by atoms with Crippen molar-refractivity contribution < 1.29 is 9.53 Å². The summed E-state index contributed by atoms with van der Waals surface area (Å²) in [5.41, 5.74) is 0. The highest BCUT2D eigenvalue weighted by Crippen LogP contribution is 2.22. The molecule has 1 aliphatic rings. The van der Waals surface area contributed by atoms with E-state index in [-0.39, 0.29) is 24.1 Å². The Labute approximate surface area is 124 Å². The van der Waals surface area contributed by atoms with Crippen LogP contribution in [0.1, 0.15) is 17.8 Å². The van der Waals surface area contributed by atoms with E-state index in [0.29, 0.717) is 13.2 Å². The van der Waals surface area contributed by atoms with E-state index >= 15 is 0 Å². The van der Waals surface area contributed by atoms with E-state index in [2.05, 4.69) is 27.0 Å². The van der Waals surface area contributed by atoms with Crippen molar-refractivity contribution in [3.63, 3.8) is 0 Å². The lowest BCUT2D eigenvalue weighted by molar-refractivity contribution is -0.129. The number of likely N-dealkylation sites (N-methyl/N-ethyl adjacent to an activating group) is 1. The number of carbonyl (C=O) groups excluding carboxylic acids is 1. The molecule has 0 radical (unpaired) electrons. The second kappa shape index (κ2) is 7.17. The number of rotatable bonds is 5. The fourth-order valence-corrected chi connectivity index (χ4v) is 3.28. The van der Waals surface area contributed by atoms with Crippen LogP contribution in [0.25, 0.3) is 0 Å². The highest BCUT2D eigenvalue weighted by atomic mass is 32.1. The molecule has 0 aromatic carbocycles. The van der Waals surface area contributed by atoms with Gasteiger partial charge < -0.3 is 20.3 Å². The van der Waals surface area contributed by atoms with Crippen LogP contribution < -0.4 is 10.6 Å². The van der Waals surface area contributed by atoms with Crippen LogP contribution in [0.3, 0.4) is 0 Å². The monoisotopic (exact) mass is 297 g/mol. The molecule has 0 saturated carbocycles. The molecule has 2 heterocycles. The van der Waals surface area contributed by atoms with Gasteiger partial charge in [-0.1, -0.05) is 6.07 Å². The number of nitrogens with zero attached hydrogens (tertiary/aromatic N) is 1. The average molecular weight is 297 g/mol. The van der Waals surface area contributed by atoms with Gasteiger partial charge in [-0.05, 0) is 32.5 Å². The standard InChI is InChI=1S/C14H23N3O2S/c1-10-13(15-6-7-19-10)14(18)16-9-11(17(2)3)12-5-4-8-20-12/h4-5,8,10-11,13,15H,6-7,9H2,1-3H3,(H,16,18)/t10-,11?,13+/m1/s1. The minimum atomic E-state index is -0.255. The molecule has 6 heteroatoms. The van der Waals surface area contributed by atoms with Crippen molar-refractivity contribution in [2.75, 3.05) is 33.8 Å². The van der Waals surface area contributed by atoms with Crippen LogP contribution in [0.4, 0.5) is 0 Å². The van der Waals surface area contributed by atoms with Gasteiger partial charge in [0.15, 0.2) is 0 Å². The van der Waals surface area contributed by atoms with Crippen molar-refractivity contribution in [1.82, 2.24) is 15.5 Å². The third-order valence-corrected chi connectivity index (χ3v) is 4.54. The first-order valence-corrected chi connectivity index (χ1v) is 7.80. The second-order valence-corrected chi connectivity index (χ2v) is 6.23. The Kier molecular flexibility index (Phi) is 5.54. The van der Waals surface area contributed by atoms with Crippen molar-refractivity contribution in [2.45, 2.75) is 25.1 Å². The highest BCUT2D eigenvalue weighted by molar-refractivity contribution is 7.10. The summed E-state index contributed by atoms with van der Waals surface area (Å²) in [7, 11) is 4.06. The molecule has 0 spiro atoms. The zero-order valence-corrected chi connectivity index (χ0v) is 13.1. The van der Waals surface area contributed by atoms with Gasteiger partial charge in [0.25, 0.3) is 0 Å². The largest absolute Gasteiger partial charge is 0.375 e. The van der Waals surface area contributed by atoms with Crippen LogP contribution in [-0.2, 0) is 9.53 Å². The molecule has 0 aliphatic carbocycles. The Hall–Kier alpha value is -0.950. The van der Waals surface area contributed by atoms with Crippen LogP contribution in [0.2, 0.25) is 0 Å². The zero-order chi connectivity index (χ0) is 14.5. The molecule has 0 bridgehead atoms. The fourth-order valence-electron chi connectivity index (χ4n) is 2.35. The first-order chi connectivity index (χ1) is 9.59. The Morgan fingerprint density at radius 1 is 1.65 bits per heavy atom. The number of ether oxygens (including phenoxy) is 1. The highest BCUT2D eigenvalue weighted by Gasteiger charge is 2.28. The molecule has 112 valence electrons. The number of thiophene rings is 1. The van der Waals surface area contributed by atoms with Crippen LogP contribution in [0.15, 0.2) is 17.5 Å². The quantitative estimate of drug-likeness (QED) is 0.846. The number of hydrogen-bond donors (Lipinski definition) is 2. The number of carbonyl (C=O) groups is 1. The number of hydrogen-bond acceptors (Lipinski definition) is 5. The molecule has 2 rings (SSSR count). The first-order valence-electron chi connectivity index (χ1n) is 6.92. The van der Waals surface area contributed by atoms with Gasteiger partial charge in [0.2, 0.25) is 5.91 Å². The summed E-state index contributed by atoms with van der Waals surface area (Å²) in [6.45, 7) is 3.93. The van der Waals surface area contributed by atoms with Crippen molar-refractivity contribution in [3.8, 4) is 0 Å². The lowest BCUT2D eigenvalue weighted by Crippen LogP contribution is -2.56. The van der Waals surface area contributed by atoms with E-state index in [1.54, 1.807) is 11.3 Å². The topological polar surface area (TPSA) is 53.6 Å². The molecular formula is C14H23N3O2S. The van der Waals surface area contributed by atoms with E-state index in [4.69, 9.17) is 4.74 Å². The molecule has 1 unspecified atom stereocenters. The molecule has 1 amide bonds. The van der Waals surface area contributed by atoms with E-state index in [1.807, 2.05) is 27.1 Å². The minimum absolute atomic E-state index is 0.0145. The molecule has 1 aromatic rings. The maximum atomic E-state index is 12.2. The SMILES string of the molecule is C[C@H]1OCCN[C@@H]1C(=O)NCC(c1cccs1)N(C)C. The number of nitrogens with one attached hydrogen (secondary N) is 2. The van der Waals surface area contributed by atoms with Crippen LogP contribution in [0, 0.1) is 0 Å². The molecule has 5 nitrogen and oxygen atoms in total. The van der Waals surface area contributed by atoms with Gasteiger partial charge in [-0.15, -0.1) is 11.3 Å². The van der Waals surface area contributed by atoms with E-state index in [1.165, 1.54) is 4.88 Å². The second-order valence-electron chi connectivity index (χ2n) is 5.25. The van der Waals surface area contributed by atoms with E-state index < -0.39 is 0 Å². The average Bonchev–Trinajstić information content (AvgIpc) is 2.92. The molecule has 1 aliphatic heterocycles. The predicted octanol–water partition coefficient (Wildman–Crippen LogP) is 0.844. The summed E-state index contributed by atoms with van der Waals surface area (Å²) in [5.74, 6) is 0.0145. The van der Waals surface area contributed by atoms with Crippen molar-refractivity contribution in [2.24, 2.45) is 0 Å². The van der Waals surface area contributed by atoms with Gasteiger partial charge in [0, 0.05) is 18.0 Å². The predicted molar refractivity (Wildman–Crippen MR) is 81.0 cm³/mol. The van der Waals surface area contributed by atoms with Gasteiger partial charge in [-0.25, -0.2) is 0 Å². The molecular weight excluding hydrogens is 274 g/mol. The smallest absolute Gasteiger partial charge is 0.239 e. The van der Waals surface area contributed by atoms with Gasteiger partial charge in [-0.3, -0.25) is 4.79 Å². The molecule has 1 aromatic heterocycles. The summed E-state index contributed by atoms with van der Waals surface area (Å²) in [4.78, 5) is 15.6. The normalized spacial score (nSPS) is 24.6. The lowest BCUT2D eigenvalue weighted by Gasteiger charge is -2.30. The van der Waals surface area contributed by atoms with Crippen LogP contribution >= 0.6 is 11.3 Å². The maximum absolute atomic E-state index is 12.2. The Bertz CT molecular complexity index is 422. The van der Waals surface area contributed by atoms with E-state index in [0.717, 1.165) is 6.54 Å². The Morgan fingerprint density at radius 2 is 2.45 bits per heavy atom. The molecule has 1 saturated heterocycles. The van der Waals surface area contributed by atoms with E-state index in [9.17, 15) is 4.79 Å². The van der Waals surface area contributed by atoms with Crippen molar-refractivity contribution >= 4 is 17.2 Å². The Morgan fingerprint density at radius 3 is 3.05 bits per heavy atom. The first kappa shape index (κ1) is 15.4. The third-order valence-electron chi connectivity index (χ3n) is 3.56. The molecule has 2 N–H and O–H groups in total. The van der Waals surface area contributed by atoms with Crippen molar-refractivity contribution in [3.05, 3.63) is 22.4 Å². The van der Waals surface area contributed by atoms with Gasteiger partial charge in [0.1, 0.15) is 6.04 Å². The van der Waals surface area contributed by atoms with Crippen LogP contribution in [-0.4, -0.2) is 56.7 Å².